The van der Waals surface area contributed by atoms with Gasteiger partial charge in [-0.1, -0.05) is 42.5 Å². The lowest BCUT2D eigenvalue weighted by Crippen LogP contribution is -2.14. The number of nitrogens with one attached hydrogen (secondary N) is 1. The maximum atomic E-state index is 13.1. The van der Waals surface area contributed by atoms with Crippen molar-refractivity contribution in [3.8, 4) is 17.1 Å². The Morgan fingerprint density at radius 1 is 1.03 bits per heavy atom. The molecule has 0 spiro atoms. The normalized spacial score (nSPS) is 10.9. The Morgan fingerprint density at radius 3 is 2.44 bits per heavy atom. The standard InChI is InChI=1S/C25H21FN4O2/c1-32-22-14-10-20(11-15-22)24-28-25(27-17-19-5-3-2-4-6-19)30(29-24)23(31)16-9-18-7-12-21(26)13-8-18/h2-16H,17H2,1H3,(H,27,28,29). The maximum absolute atomic E-state index is 13.1. The molecule has 1 heterocycles. The van der Waals surface area contributed by atoms with Crippen molar-refractivity contribution in [2.75, 3.05) is 12.4 Å². The van der Waals surface area contributed by atoms with Crippen LogP contribution in [0.25, 0.3) is 17.5 Å². The van der Waals surface area contributed by atoms with Crippen molar-refractivity contribution in [3.63, 3.8) is 0 Å². The first-order valence-corrected chi connectivity index (χ1v) is 9.99. The summed E-state index contributed by atoms with van der Waals surface area (Å²) >= 11 is 0. The summed E-state index contributed by atoms with van der Waals surface area (Å²) in [6.07, 6.45) is 2.99. The van der Waals surface area contributed by atoms with E-state index in [9.17, 15) is 9.18 Å². The molecule has 3 aromatic carbocycles. The molecule has 0 aliphatic heterocycles. The molecule has 0 radical (unpaired) electrons. The predicted molar refractivity (Wildman–Crippen MR) is 122 cm³/mol. The van der Waals surface area contributed by atoms with Crippen molar-refractivity contribution in [3.05, 3.63) is 102 Å². The summed E-state index contributed by atoms with van der Waals surface area (Å²) in [4.78, 5) is 17.4. The molecule has 0 aliphatic rings. The molecule has 0 saturated carbocycles. The van der Waals surface area contributed by atoms with Gasteiger partial charge in [0, 0.05) is 18.2 Å². The molecule has 6 nitrogen and oxygen atoms in total. The summed E-state index contributed by atoms with van der Waals surface area (Å²) in [5.41, 5.74) is 2.50. The molecule has 0 atom stereocenters. The van der Waals surface area contributed by atoms with Crippen LogP contribution >= 0.6 is 0 Å². The van der Waals surface area contributed by atoms with Crippen LogP contribution in [-0.2, 0) is 6.54 Å². The SMILES string of the molecule is COc1ccc(-c2nc(NCc3ccccc3)n(C(=O)C=Cc3ccc(F)cc3)n2)cc1. The molecule has 0 aliphatic carbocycles. The zero-order valence-corrected chi connectivity index (χ0v) is 17.4. The first kappa shape index (κ1) is 21.0. The Balaban J connectivity index is 1.62. The molecule has 1 aromatic heterocycles. The van der Waals surface area contributed by atoms with E-state index in [4.69, 9.17) is 4.74 Å². The van der Waals surface area contributed by atoms with Crippen molar-refractivity contribution in [2.45, 2.75) is 6.54 Å². The third-order valence-corrected chi connectivity index (χ3v) is 4.75. The Hall–Kier alpha value is -4.26. The topological polar surface area (TPSA) is 69.0 Å². The lowest BCUT2D eigenvalue weighted by Gasteiger charge is -2.05. The highest BCUT2D eigenvalue weighted by Gasteiger charge is 2.16. The number of nitrogens with zero attached hydrogens (tertiary/aromatic N) is 3. The van der Waals surface area contributed by atoms with Gasteiger partial charge in [-0.25, -0.2) is 4.39 Å². The second kappa shape index (κ2) is 9.70. The Bertz CT molecular complexity index is 1220. The Labute approximate surface area is 185 Å². The lowest BCUT2D eigenvalue weighted by atomic mass is 10.2. The average molecular weight is 428 g/mol. The van der Waals surface area contributed by atoms with Gasteiger partial charge in [0.05, 0.1) is 7.11 Å². The van der Waals surface area contributed by atoms with Crippen LogP contribution in [0.4, 0.5) is 10.3 Å². The minimum absolute atomic E-state index is 0.327. The number of carbonyl (C=O) groups excluding carboxylic acids is 1. The van der Waals surface area contributed by atoms with Gasteiger partial charge in [-0.2, -0.15) is 9.67 Å². The molecule has 1 N–H and O–H groups in total. The van der Waals surface area contributed by atoms with Gasteiger partial charge in [0.1, 0.15) is 11.6 Å². The van der Waals surface area contributed by atoms with Gasteiger partial charge < -0.3 is 10.1 Å². The van der Waals surface area contributed by atoms with Crippen molar-refractivity contribution < 1.29 is 13.9 Å². The first-order chi connectivity index (χ1) is 15.6. The molecule has 160 valence electrons. The lowest BCUT2D eigenvalue weighted by molar-refractivity contribution is 0.0957. The van der Waals surface area contributed by atoms with Gasteiger partial charge in [-0.3, -0.25) is 4.79 Å². The number of halogens is 1. The van der Waals surface area contributed by atoms with Crippen LogP contribution in [0.3, 0.4) is 0 Å². The number of hydrogen-bond donors (Lipinski definition) is 1. The molecule has 0 amide bonds. The summed E-state index contributed by atoms with van der Waals surface area (Å²) in [6, 6.07) is 22.9. The van der Waals surface area contributed by atoms with E-state index in [1.807, 2.05) is 54.6 Å². The van der Waals surface area contributed by atoms with Gasteiger partial charge >= 0.3 is 0 Å². The highest BCUT2D eigenvalue weighted by atomic mass is 19.1. The highest BCUT2D eigenvalue weighted by Crippen LogP contribution is 2.21. The summed E-state index contributed by atoms with van der Waals surface area (Å²) in [6.45, 7) is 0.483. The number of carbonyl (C=O) groups is 1. The van der Waals surface area contributed by atoms with Gasteiger partial charge in [0.15, 0.2) is 5.82 Å². The minimum Gasteiger partial charge on any atom is -0.497 e. The van der Waals surface area contributed by atoms with E-state index >= 15 is 0 Å². The number of methoxy groups -OCH3 is 1. The summed E-state index contributed by atoms with van der Waals surface area (Å²) in [7, 11) is 1.60. The zero-order chi connectivity index (χ0) is 22.3. The van der Waals surface area contributed by atoms with Crippen LogP contribution < -0.4 is 10.1 Å². The van der Waals surface area contributed by atoms with E-state index < -0.39 is 0 Å². The van der Waals surface area contributed by atoms with E-state index in [2.05, 4.69) is 15.4 Å². The van der Waals surface area contributed by atoms with E-state index in [1.54, 1.807) is 25.3 Å². The van der Waals surface area contributed by atoms with Crippen LogP contribution in [0.15, 0.2) is 84.9 Å². The van der Waals surface area contributed by atoms with Gasteiger partial charge in [0.2, 0.25) is 5.95 Å². The zero-order valence-electron chi connectivity index (χ0n) is 17.4. The fourth-order valence-electron chi connectivity index (χ4n) is 3.03. The molecular formula is C25H21FN4O2. The third kappa shape index (κ3) is 5.07. The van der Waals surface area contributed by atoms with E-state index in [0.717, 1.165) is 11.1 Å². The quantitative estimate of drug-likeness (QED) is 0.417. The summed E-state index contributed by atoms with van der Waals surface area (Å²) < 4.78 is 19.5. The number of aromatic nitrogens is 3. The van der Waals surface area contributed by atoms with Gasteiger partial charge in [0.25, 0.3) is 5.91 Å². The fraction of sp³-hybridized carbons (Fsp3) is 0.0800. The third-order valence-electron chi connectivity index (χ3n) is 4.75. The number of ether oxygens (including phenoxy) is 1. The van der Waals surface area contributed by atoms with E-state index in [-0.39, 0.29) is 11.7 Å². The molecule has 7 heteroatoms. The van der Waals surface area contributed by atoms with Crippen molar-refractivity contribution in [1.29, 1.82) is 0 Å². The predicted octanol–water partition coefficient (Wildman–Crippen LogP) is 5.06. The second-order valence-electron chi connectivity index (χ2n) is 6.96. The molecule has 0 fully saturated rings. The molecule has 0 unspecified atom stereocenters. The van der Waals surface area contributed by atoms with Crippen LogP contribution in [0.1, 0.15) is 15.9 Å². The van der Waals surface area contributed by atoms with Crippen molar-refractivity contribution in [2.24, 2.45) is 0 Å². The van der Waals surface area contributed by atoms with Crippen molar-refractivity contribution in [1.82, 2.24) is 14.8 Å². The van der Waals surface area contributed by atoms with Gasteiger partial charge in [-0.05, 0) is 53.6 Å². The smallest absolute Gasteiger partial charge is 0.274 e. The molecule has 4 rings (SSSR count). The largest absolute Gasteiger partial charge is 0.497 e. The molecule has 0 saturated heterocycles. The van der Waals surface area contributed by atoms with Crippen LogP contribution in [0, 0.1) is 5.82 Å². The Morgan fingerprint density at radius 2 is 1.75 bits per heavy atom. The Kier molecular flexibility index (Phi) is 6.36. The van der Waals surface area contributed by atoms with E-state index in [1.165, 1.54) is 22.9 Å². The first-order valence-electron chi connectivity index (χ1n) is 9.99. The summed E-state index contributed by atoms with van der Waals surface area (Å²) in [5, 5.41) is 7.61. The van der Waals surface area contributed by atoms with Crippen LogP contribution in [-0.4, -0.2) is 27.8 Å². The van der Waals surface area contributed by atoms with Crippen molar-refractivity contribution >= 4 is 17.9 Å². The average Bonchev–Trinajstić information content (AvgIpc) is 3.27. The van der Waals surface area contributed by atoms with Crippen LogP contribution in [0.2, 0.25) is 0 Å². The minimum atomic E-state index is -0.378. The highest BCUT2D eigenvalue weighted by molar-refractivity contribution is 5.94. The molecule has 4 aromatic rings. The number of allylic oxidation sites excluding steroid dienone is 1. The maximum Gasteiger partial charge on any atom is 0.274 e. The number of anilines is 1. The summed E-state index contributed by atoms with van der Waals surface area (Å²) in [5.74, 6) is 0.743. The fourth-order valence-corrected chi connectivity index (χ4v) is 3.03. The number of hydrogen-bond acceptors (Lipinski definition) is 5. The second-order valence-corrected chi connectivity index (χ2v) is 6.96. The van der Waals surface area contributed by atoms with Gasteiger partial charge in [-0.15, -0.1) is 5.10 Å². The molecule has 32 heavy (non-hydrogen) atoms. The monoisotopic (exact) mass is 428 g/mol. The number of benzene rings is 3. The molecule has 0 bridgehead atoms. The molecular weight excluding hydrogens is 407 g/mol. The van der Waals surface area contributed by atoms with E-state index in [0.29, 0.717) is 29.6 Å². The number of rotatable bonds is 7. The van der Waals surface area contributed by atoms with Crippen LogP contribution in [0.5, 0.6) is 5.75 Å².